The highest BCUT2D eigenvalue weighted by molar-refractivity contribution is 4.70. The second kappa shape index (κ2) is 10.8. The largest absolute Gasteiger partial charge is 0.353 e. The van der Waals surface area contributed by atoms with Crippen LogP contribution in [0.3, 0.4) is 0 Å². The van der Waals surface area contributed by atoms with E-state index in [2.05, 4.69) is 13.8 Å². The van der Waals surface area contributed by atoms with E-state index >= 15 is 0 Å². The number of unbranched alkanes of at least 4 members (excludes halogenated alkanes) is 4. The van der Waals surface area contributed by atoms with Crippen molar-refractivity contribution in [2.75, 3.05) is 14.2 Å². The van der Waals surface area contributed by atoms with Crippen LogP contribution in [0.2, 0.25) is 0 Å². The summed E-state index contributed by atoms with van der Waals surface area (Å²) in [7, 11) is 3.49. The summed E-state index contributed by atoms with van der Waals surface area (Å²) in [5.41, 5.74) is 0. The molecular weight excluding hydrogens is 224 g/mol. The highest BCUT2D eigenvalue weighted by Crippen LogP contribution is 2.28. The summed E-state index contributed by atoms with van der Waals surface area (Å²) in [5, 5.41) is 0. The van der Waals surface area contributed by atoms with Gasteiger partial charge in [-0.15, -0.1) is 0 Å². The van der Waals surface area contributed by atoms with E-state index in [0.717, 1.165) is 12.3 Å². The lowest BCUT2D eigenvalue weighted by Crippen LogP contribution is -2.32. The lowest BCUT2D eigenvalue weighted by Gasteiger charge is -2.30. The quantitative estimate of drug-likeness (QED) is 0.355. The average molecular weight is 258 g/mol. The Morgan fingerprint density at radius 3 is 1.94 bits per heavy atom. The topological polar surface area (TPSA) is 18.5 Å². The summed E-state index contributed by atoms with van der Waals surface area (Å²) in [6.07, 6.45) is 11.7. The highest BCUT2D eigenvalue weighted by Gasteiger charge is 2.26. The summed E-state index contributed by atoms with van der Waals surface area (Å²) in [4.78, 5) is 0. The third-order valence-corrected chi connectivity index (χ3v) is 3.94. The maximum absolute atomic E-state index is 5.49. The lowest BCUT2D eigenvalue weighted by molar-refractivity contribution is -0.204. The van der Waals surface area contributed by atoms with Crippen molar-refractivity contribution in [3.05, 3.63) is 0 Å². The van der Waals surface area contributed by atoms with Gasteiger partial charge in [0.05, 0.1) is 0 Å². The van der Waals surface area contributed by atoms with Crippen LogP contribution in [0.15, 0.2) is 0 Å². The molecule has 0 aromatic heterocycles. The lowest BCUT2D eigenvalue weighted by atomic mass is 9.90. The molecule has 0 aliphatic carbocycles. The van der Waals surface area contributed by atoms with E-state index in [1.165, 1.54) is 51.4 Å². The van der Waals surface area contributed by atoms with Crippen molar-refractivity contribution >= 4 is 0 Å². The molecule has 18 heavy (non-hydrogen) atoms. The first kappa shape index (κ1) is 17.9. The maximum Gasteiger partial charge on any atom is 0.165 e. The predicted molar refractivity (Wildman–Crippen MR) is 78.8 cm³/mol. The molecule has 1 atom stereocenters. The summed E-state index contributed by atoms with van der Waals surface area (Å²) >= 11 is 0. The number of methoxy groups -OCH3 is 2. The normalized spacial score (nSPS) is 13.8. The van der Waals surface area contributed by atoms with E-state index in [1.54, 1.807) is 14.2 Å². The SMILES string of the molecule is CCCCCCCC(CCC)CC(C)(OC)OC. The van der Waals surface area contributed by atoms with Gasteiger partial charge in [-0.25, -0.2) is 0 Å². The molecule has 0 radical (unpaired) electrons. The van der Waals surface area contributed by atoms with Crippen molar-refractivity contribution in [3.63, 3.8) is 0 Å². The molecule has 0 spiro atoms. The van der Waals surface area contributed by atoms with Crippen molar-refractivity contribution < 1.29 is 9.47 Å². The van der Waals surface area contributed by atoms with Crippen LogP contribution in [0.1, 0.15) is 78.6 Å². The Morgan fingerprint density at radius 2 is 1.44 bits per heavy atom. The Morgan fingerprint density at radius 1 is 0.833 bits per heavy atom. The predicted octanol–water partition coefficient (Wildman–Crippen LogP) is 5.16. The van der Waals surface area contributed by atoms with Gasteiger partial charge in [0, 0.05) is 20.6 Å². The number of rotatable bonds is 12. The Labute approximate surface area is 114 Å². The Balaban J connectivity index is 3.98. The van der Waals surface area contributed by atoms with Gasteiger partial charge in [0.15, 0.2) is 5.79 Å². The van der Waals surface area contributed by atoms with E-state index in [4.69, 9.17) is 9.47 Å². The van der Waals surface area contributed by atoms with Gasteiger partial charge in [-0.3, -0.25) is 0 Å². The molecule has 0 fully saturated rings. The smallest absolute Gasteiger partial charge is 0.165 e. The van der Waals surface area contributed by atoms with Crippen molar-refractivity contribution in [2.45, 2.75) is 84.3 Å². The van der Waals surface area contributed by atoms with Crippen LogP contribution in [-0.4, -0.2) is 20.0 Å². The fourth-order valence-electron chi connectivity index (χ4n) is 2.57. The molecule has 0 heterocycles. The summed E-state index contributed by atoms with van der Waals surface area (Å²) in [6.45, 7) is 6.58. The minimum absolute atomic E-state index is 0.400. The number of ether oxygens (including phenoxy) is 2. The summed E-state index contributed by atoms with van der Waals surface area (Å²) in [5.74, 6) is 0.338. The van der Waals surface area contributed by atoms with Crippen LogP contribution in [-0.2, 0) is 9.47 Å². The van der Waals surface area contributed by atoms with Gasteiger partial charge in [-0.05, 0) is 12.8 Å². The molecular formula is C16H34O2. The first-order valence-corrected chi connectivity index (χ1v) is 7.72. The minimum atomic E-state index is -0.400. The van der Waals surface area contributed by atoms with Gasteiger partial charge in [0.2, 0.25) is 0 Å². The van der Waals surface area contributed by atoms with E-state index in [-0.39, 0.29) is 0 Å². The molecule has 0 amide bonds. The Bertz CT molecular complexity index is 176. The molecule has 0 saturated carbocycles. The van der Waals surface area contributed by atoms with Gasteiger partial charge < -0.3 is 9.47 Å². The zero-order valence-corrected chi connectivity index (χ0v) is 13.3. The fourth-order valence-corrected chi connectivity index (χ4v) is 2.57. The van der Waals surface area contributed by atoms with E-state index < -0.39 is 5.79 Å². The molecule has 1 unspecified atom stereocenters. The van der Waals surface area contributed by atoms with Crippen molar-refractivity contribution in [1.29, 1.82) is 0 Å². The molecule has 0 aromatic rings. The number of hydrogen-bond donors (Lipinski definition) is 0. The molecule has 0 rings (SSSR count). The standard InChI is InChI=1S/C16H34O2/c1-6-8-9-10-11-13-15(12-7-2)14-16(3,17-4)18-5/h15H,6-14H2,1-5H3. The number of hydrogen-bond acceptors (Lipinski definition) is 2. The molecule has 0 aliphatic rings. The van der Waals surface area contributed by atoms with E-state index in [9.17, 15) is 0 Å². The van der Waals surface area contributed by atoms with Crippen molar-refractivity contribution in [1.82, 2.24) is 0 Å². The second-order valence-corrected chi connectivity index (χ2v) is 5.60. The van der Waals surface area contributed by atoms with Crippen LogP contribution in [0.5, 0.6) is 0 Å². The van der Waals surface area contributed by atoms with Crippen LogP contribution in [0.4, 0.5) is 0 Å². The van der Waals surface area contributed by atoms with Gasteiger partial charge in [0.1, 0.15) is 0 Å². The average Bonchev–Trinajstić information content (AvgIpc) is 2.38. The third-order valence-electron chi connectivity index (χ3n) is 3.94. The van der Waals surface area contributed by atoms with Gasteiger partial charge >= 0.3 is 0 Å². The van der Waals surface area contributed by atoms with Gasteiger partial charge in [-0.2, -0.15) is 0 Å². The summed E-state index contributed by atoms with van der Waals surface area (Å²) < 4.78 is 11.0. The van der Waals surface area contributed by atoms with Gasteiger partial charge in [0.25, 0.3) is 0 Å². The second-order valence-electron chi connectivity index (χ2n) is 5.60. The Kier molecular flexibility index (Phi) is 10.8. The molecule has 0 saturated heterocycles. The monoisotopic (exact) mass is 258 g/mol. The summed E-state index contributed by atoms with van der Waals surface area (Å²) in [6, 6.07) is 0. The third kappa shape index (κ3) is 8.10. The maximum atomic E-state index is 5.49. The molecule has 0 N–H and O–H groups in total. The van der Waals surface area contributed by atoms with E-state index in [0.29, 0.717) is 0 Å². The molecule has 0 aromatic carbocycles. The van der Waals surface area contributed by atoms with Gasteiger partial charge in [-0.1, -0.05) is 65.2 Å². The zero-order chi connectivity index (χ0) is 13.9. The van der Waals surface area contributed by atoms with Crippen LogP contribution in [0.25, 0.3) is 0 Å². The molecule has 2 heteroatoms. The van der Waals surface area contributed by atoms with E-state index in [1.807, 2.05) is 6.92 Å². The van der Waals surface area contributed by atoms with Crippen molar-refractivity contribution in [2.24, 2.45) is 5.92 Å². The zero-order valence-electron chi connectivity index (χ0n) is 13.3. The van der Waals surface area contributed by atoms with Crippen molar-refractivity contribution in [3.8, 4) is 0 Å². The molecule has 110 valence electrons. The Hall–Kier alpha value is -0.0800. The van der Waals surface area contributed by atoms with Crippen LogP contribution in [0, 0.1) is 5.92 Å². The fraction of sp³-hybridized carbons (Fsp3) is 1.00. The molecule has 0 aliphatic heterocycles. The first-order valence-electron chi connectivity index (χ1n) is 7.72. The molecule has 2 nitrogen and oxygen atoms in total. The molecule has 0 bridgehead atoms. The van der Waals surface area contributed by atoms with Crippen LogP contribution >= 0.6 is 0 Å². The van der Waals surface area contributed by atoms with Crippen LogP contribution < -0.4 is 0 Å². The highest BCUT2D eigenvalue weighted by atomic mass is 16.7. The minimum Gasteiger partial charge on any atom is -0.353 e. The first-order chi connectivity index (χ1) is 8.61.